The first-order valence-electron chi connectivity index (χ1n) is 10.5. The van der Waals surface area contributed by atoms with E-state index in [9.17, 15) is 13.2 Å². The number of amidine groups is 1. The number of sulfonamides is 1. The molecule has 166 valence electrons. The van der Waals surface area contributed by atoms with E-state index in [0.717, 1.165) is 42.0 Å². The van der Waals surface area contributed by atoms with Crippen LogP contribution in [0.15, 0.2) is 59.6 Å². The number of nitrogens with one attached hydrogen (secondary N) is 2. The highest BCUT2D eigenvalue weighted by Crippen LogP contribution is 2.20. The summed E-state index contributed by atoms with van der Waals surface area (Å²) < 4.78 is 27.5. The lowest BCUT2D eigenvalue weighted by molar-refractivity contribution is -0.129. The number of carbonyl (C=O) groups excluding carboxylic acids is 1. The van der Waals surface area contributed by atoms with Crippen molar-refractivity contribution in [3.8, 4) is 0 Å². The van der Waals surface area contributed by atoms with Gasteiger partial charge in [0.15, 0.2) is 0 Å². The summed E-state index contributed by atoms with van der Waals surface area (Å²) in [5.41, 5.74) is 2.93. The Balaban J connectivity index is 1.42. The van der Waals surface area contributed by atoms with Gasteiger partial charge in [0.05, 0.1) is 11.8 Å². The molecule has 0 fully saturated rings. The van der Waals surface area contributed by atoms with Gasteiger partial charge >= 0.3 is 0 Å². The third kappa shape index (κ3) is 6.38. The van der Waals surface area contributed by atoms with Crippen LogP contribution in [0.25, 0.3) is 0 Å². The highest BCUT2D eigenvalue weighted by atomic mass is 32.2. The van der Waals surface area contributed by atoms with Gasteiger partial charge in [0.1, 0.15) is 5.84 Å². The quantitative estimate of drug-likeness (QED) is 0.590. The van der Waals surface area contributed by atoms with Crippen molar-refractivity contribution in [3.05, 3.63) is 71.3 Å². The molecule has 0 radical (unpaired) electrons. The second-order valence-electron chi connectivity index (χ2n) is 7.66. The van der Waals surface area contributed by atoms with Gasteiger partial charge in [0.2, 0.25) is 15.9 Å². The van der Waals surface area contributed by atoms with Gasteiger partial charge in [0.25, 0.3) is 0 Å². The Morgan fingerprint density at radius 2 is 1.87 bits per heavy atom. The number of hydrogen-bond donors (Lipinski definition) is 2. The fourth-order valence-electron chi connectivity index (χ4n) is 3.36. The van der Waals surface area contributed by atoms with E-state index in [-0.39, 0.29) is 18.9 Å². The minimum absolute atomic E-state index is 0.0869. The van der Waals surface area contributed by atoms with Crippen LogP contribution in [0.5, 0.6) is 0 Å². The monoisotopic (exact) mass is 442 g/mol. The molecule has 3 rings (SSSR count). The summed E-state index contributed by atoms with van der Waals surface area (Å²) in [4.78, 5) is 18.4. The Labute approximate surface area is 184 Å². The lowest BCUT2D eigenvalue weighted by Gasteiger charge is -2.18. The Kier molecular flexibility index (Phi) is 7.81. The normalized spacial score (nSPS) is 14.6. The predicted molar refractivity (Wildman–Crippen MR) is 124 cm³/mol. The smallest absolute Gasteiger partial charge is 0.223 e. The fraction of sp³-hybridized carbons (Fsp3) is 0.391. The summed E-state index contributed by atoms with van der Waals surface area (Å²) in [6.45, 7) is 4.00. The molecule has 0 saturated heterocycles. The average Bonchev–Trinajstić information content (AvgIpc) is 3.32. The van der Waals surface area contributed by atoms with Crippen LogP contribution in [0.1, 0.15) is 35.3 Å². The molecule has 0 saturated carbocycles. The molecular weight excluding hydrogens is 412 g/mol. The summed E-state index contributed by atoms with van der Waals surface area (Å²) in [5, 5.41) is 2.58. The molecule has 1 amide bonds. The van der Waals surface area contributed by atoms with Crippen molar-refractivity contribution in [1.82, 2.24) is 14.9 Å². The third-order valence-corrected chi connectivity index (χ3v) is 7.25. The lowest BCUT2D eigenvalue weighted by Crippen LogP contribution is -2.34. The van der Waals surface area contributed by atoms with Crippen LogP contribution in [-0.2, 0) is 21.2 Å². The van der Waals surface area contributed by atoms with Crippen molar-refractivity contribution in [2.75, 3.05) is 33.2 Å². The number of hydrogen-bond acceptors (Lipinski definition) is 5. The van der Waals surface area contributed by atoms with Crippen LogP contribution in [0, 0.1) is 0 Å². The van der Waals surface area contributed by atoms with Gasteiger partial charge in [-0.15, -0.1) is 0 Å². The number of benzene rings is 2. The molecular formula is C23H30N4O3S. The molecule has 1 atom stereocenters. The number of likely N-dealkylation sites (N-methyl/N-ethyl adjacent to an activating group) is 1. The summed E-state index contributed by atoms with van der Waals surface area (Å²) in [7, 11) is -1.79. The Bertz CT molecular complexity index is 1000. The molecule has 2 aromatic rings. The van der Waals surface area contributed by atoms with E-state index in [1.165, 1.54) is 0 Å². The Morgan fingerprint density at radius 3 is 2.52 bits per heavy atom. The molecule has 1 heterocycles. The van der Waals surface area contributed by atoms with E-state index in [0.29, 0.717) is 6.54 Å². The fourth-order valence-corrected chi connectivity index (χ4v) is 4.51. The van der Waals surface area contributed by atoms with Crippen LogP contribution < -0.4 is 10.0 Å². The molecule has 1 aliphatic heterocycles. The molecule has 31 heavy (non-hydrogen) atoms. The minimum Gasteiger partial charge on any atom is -0.368 e. The molecule has 0 bridgehead atoms. The van der Waals surface area contributed by atoms with Gasteiger partial charge in [-0.3, -0.25) is 9.79 Å². The van der Waals surface area contributed by atoms with Gasteiger partial charge in [0, 0.05) is 38.7 Å². The SMILES string of the molecule is CC(c1ccccc1)S(=O)(=O)NCCC(=O)N(C)CCc1ccc(C2=NCCN2)cc1. The van der Waals surface area contributed by atoms with E-state index < -0.39 is 15.3 Å². The largest absolute Gasteiger partial charge is 0.368 e. The molecule has 2 N–H and O–H groups in total. The molecule has 7 nitrogen and oxygen atoms in total. The number of nitrogens with zero attached hydrogens (tertiary/aromatic N) is 2. The second-order valence-corrected chi connectivity index (χ2v) is 9.75. The Morgan fingerprint density at radius 1 is 1.16 bits per heavy atom. The molecule has 0 aromatic heterocycles. The maximum Gasteiger partial charge on any atom is 0.223 e. The van der Waals surface area contributed by atoms with Crippen molar-refractivity contribution in [3.63, 3.8) is 0 Å². The van der Waals surface area contributed by atoms with Crippen molar-refractivity contribution >= 4 is 21.8 Å². The average molecular weight is 443 g/mol. The van der Waals surface area contributed by atoms with Gasteiger partial charge < -0.3 is 10.2 Å². The lowest BCUT2D eigenvalue weighted by atomic mass is 10.1. The summed E-state index contributed by atoms with van der Waals surface area (Å²) in [6, 6.07) is 17.2. The zero-order chi connectivity index (χ0) is 22.3. The van der Waals surface area contributed by atoms with E-state index in [1.54, 1.807) is 31.0 Å². The summed E-state index contributed by atoms with van der Waals surface area (Å²) in [5.74, 6) is 0.846. The number of aliphatic imine (C=N–C) groups is 1. The van der Waals surface area contributed by atoms with Crippen molar-refractivity contribution < 1.29 is 13.2 Å². The molecule has 1 unspecified atom stereocenters. The van der Waals surface area contributed by atoms with E-state index >= 15 is 0 Å². The summed E-state index contributed by atoms with van der Waals surface area (Å²) in [6.07, 6.45) is 0.862. The van der Waals surface area contributed by atoms with Crippen LogP contribution in [0.3, 0.4) is 0 Å². The van der Waals surface area contributed by atoms with Gasteiger partial charge in [-0.25, -0.2) is 13.1 Å². The van der Waals surface area contributed by atoms with Crippen LogP contribution in [0.2, 0.25) is 0 Å². The zero-order valence-corrected chi connectivity index (χ0v) is 18.9. The van der Waals surface area contributed by atoms with Gasteiger partial charge in [-0.2, -0.15) is 0 Å². The number of rotatable bonds is 10. The van der Waals surface area contributed by atoms with Crippen molar-refractivity contribution in [2.45, 2.75) is 25.0 Å². The first kappa shape index (κ1) is 23.0. The minimum atomic E-state index is -3.54. The van der Waals surface area contributed by atoms with Crippen LogP contribution in [0.4, 0.5) is 0 Å². The topological polar surface area (TPSA) is 90.9 Å². The standard InChI is InChI=1S/C23H30N4O3S/c1-18(20-6-4-3-5-7-20)31(29,30)26-14-12-22(28)27(2)17-13-19-8-10-21(11-9-19)23-24-15-16-25-23/h3-11,18,26H,12-17H2,1-2H3,(H,24,25). The highest BCUT2D eigenvalue weighted by Gasteiger charge is 2.22. The second kappa shape index (κ2) is 10.5. The Hall–Kier alpha value is -2.71. The predicted octanol–water partition coefficient (Wildman–Crippen LogP) is 2.11. The van der Waals surface area contributed by atoms with Gasteiger partial charge in [-0.05, 0) is 24.5 Å². The van der Waals surface area contributed by atoms with Gasteiger partial charge in [-0.1, -0.05) is 54.6 Å². The van der Waals surface area contributed by atoms with Crippen LogP contribution >= 0.6 is 0 Å². The third-order valence-electron chi connectivity index (χ3n) is 5.44. The number of amides is 1. The molecule has 8 heteroatoms. The molecule has 1 aliphatic rings. The number of carbonyl (C=O) groups is 1. The van der Waals surface area contributed by atoms with E-state index in [4.69, 9.17) is 0 Å². The molecule has 2 aromatic carbocycles. The maximum atomic E-state index is 12.5. The van der Waals surface area contributed by atoms with Crippen LogP contribution in [-0.4, -0.2) is 58.3 Å². The zero-order valence-electron chi connectivity index (χ0n) is 18.0. The summed E-state index contributed by atoms with van der Waals surface area (Å²) >= 11 is 0. The van der Waals surface area contributed by atoms with E-state index in [1.807, 2.05) is 30.3 Å². The molecule has 0 aliphatic carbocycles. The first-order valence-corrected chi connectivity index (χ1v) is 12.1. The maximum absolute atomic E-state index is 12.5. The van der Waals surface area contributed by atoms with E-state index in [2.05, 4.69) is 27.2 Å². The van der Waals surface area contributed by atoms with Crippen molar-refractivity contribution in [2.24, 2.45) is 4.99 Å². The molecule has 0 spiro atoms. The van der Waals surface area contributed by atoms with Crippen molar-refractivity contribution in [1.29, 1.82) is 0 Å². The highest BCUT2D eigenvalue weighted by molar-refractivity contribution is 7.89. The first-order chi connectivity index (χ1) is 14.9.